The molecule has 0 aromatic heterocycles. The Kier molecular flexibility index (Phi) is 47.2. The molecule has 0 heterocycles. The normalized spacial score (nSPS) is 12.9. The summed E-state index contributed by atoms with van der Waals surface area (Å²) in [5.74, 6) is -0.0950. The lowest BCUT2D eigenvalue weighted by atomic mass is 10.1. The molecule has 0 bridgehead atoms. The van der Waals surface area contributed by atoms with Gasteiger partial charge in [-0.2, -0.15) is 0 Å². The Balaban J connectivity index is 3.46. The average molecular weight is 830 g/mol. The molecule has 0 radical (unpaired) electrons. The molecule has 0 fully saturated rings. The van der Waals surface area contributed by atoms with Gasteiger partial charge in [0.25, 0.3) is 0 Å². The summed E-state index contributed by atoms with van der Waals surface area (Å²) >= 11 is 0. The Morgan fingerprint density at radius 1 is 0.458 bits per heavy atom. The van der Waals surface area contributed by atoms with E-state index in [1.807, 2.05) is 6.08 Å². The molecule has 6 nitrogen and oxygen atoms in total. The minimum atomic E-state index is -0.850. The van der Waals surface area contributed by atoms with Gasteiger partial charge in [-0.1, -0.05) is 204 Å². The Labute approximate surface area is 366 Å². The first-order valence-corrected chi connectivity index (χ1v) is 25.8. The fourth-order valence-corrected chi connectivity index (χ4v) is 7.62. The summed E-state index contributed by atoms with van der Waals surface area (Å²) < 4.78 is 5.46. The highest BCUT2D eigenvalue weighted by Crippen LogP contribution is 2.14. The number of nitrogens with one attached hydrogen (secondary N) is 1. The first kappa shape index (κ1) is 57.1. The number of allylic oxidation sites excluding steroid dienone is 5. The predicted molar refractivity (Wildman–Crippen MR) is 255 cm³/mol. The van der Waals surface area contributed by atoms with Crippen LogP contribution in [0.15, 0.2) is 36.5 Å². The van der Waals surface area contributed by atoms with E-state index in [0.29, 0.717) is 19.4 Å². The standard InChI is InChI=1S/C53H99NO5/c1-3-5-7-9-11-13-14-15-16-21-24-27-31-35-39-43-47-53(58)59-48-44-40-36-32-28-25-22-19-17-18-20-23-26-30-34-38-42-46-52(57)54-50(49-55)51(56)45-41-37-33-29-12-10-8-6-4-2/h16-17,19,21,41,45,50-51,55-56H,3-15,18,20,22-40,42-44,46-49H2,1-2H3,(H,54,57)/b19-17-,21-16-,45-41+. The maximum Gasteiger partial charge on any atom is 0.305 e. The van der Waals surface area contributed by atoms with E-state index in [4.69, 9.17) is 4.74 Å². The summed E-state index contributed by atoms with van der Waals surface area (Å²) in [5.41, 5.74) is 0. The van der Waals surface area contributed by atoms with Crippen molar-refractivity contribution in [1.82, 2.24) is 5.32 Å². The SMILES string of the molecule is CCCCCCCCC/C=C\CCCCCCCC(=O)OCCCCCCCC/C=C\CCCCCCCCCC(=O)NC(CO)C(O)/C=C/CCCCCCCCC. The molecule has 0 aliphatic heterocycles. The summed E-state index contributed by atoms with van der Waals surface area (Å²) in [6.07, 6.45) is 58.7. The maximum absolute atomic E-state index is 12.4. The fourth-order valence-electron chi connectivity index (χ4n) is 7.62. The third kappa shape index (κ3) is 45.4. The van der Waals surface area contributed by atoms with Gasteiger partial charge in [-0.05, 0) is 83.5 Å². The number of unbranched alkanes of at least 4 members (excludes halogenated alkanes) is 32. The summed E-state index contributed by atoms with van der Waals surface area (Å²) in [6, 6.07) is -0.635. The van der Waals surface area contributed by atoms with Gasteiger partial charge < -0.3 is 20.3 Å². The third-order valence-corrected chi connectivity index (χ3v) is 11.6. The van der Waals surface area contributed by atoms with E-state index in [-0.39, 0.29) is 18.5 Å². The summed E-state index contributed by atoms with van der Waals surface area (Å²) in [5, 5.41) is 22.9. The summed E-state index contributed by atoms with van der Waals surface area (Å²) in [7, 11) is 0. The van der Waals surface area contributed by atoms with Crippen LogP contribution in [-0.2, 0) is 14.3 Å². The van der Waals surface area contributed by atoms with Crippen LogP contribution in [0.1, 0.15) is 264 Å². The number of carbonyl (C=O) groups excluding carboxylic acids is 2. The van der Waals surface area contributed by atoms with Crippen LogP contribution in [0.5, 0.6) is 0 Å². The minimum absolute atomic E-state index is 0.0111. The number of esters is 1. The van der Waals surface area contributed by atoms with Crippen molar-refractivity contribution in [3.63, 3.8) is 0 Å². The van der Waals surface area contributed by atoms with Crippen molar-refractivity contribution in [2.75, 3.05) is 13.2 Å². The second-order valence-electron chi connectivity index (χ2n) is 17.5. The summed E-state index contributed by atoms with van der Waals surface area (Å²) in [6.45, 7) is 4.84. The van der Waals surface area contributed by atoms with Gasteiger partial charge >= 0.3 is 5.97 Å². The van der Waals surface area contributed by atoms with E-state index in [0.717, 1.165) is 57.8 Å². The van der Waals surface area contributed by atoms with Crippen molar-refractivity contribution in [3.8, 4) is 0 Å². The number of amides is 1. The van der Waals surface area contributed by atoms with E-state index >= 15 is 0 Å². The highest BCUT2D eigenvalue weighted by atomic mass is 16.5. The van der Waals surface area contributed by atoms with E-state index in [2.05, 4.69) is 43.5 Å². The molecule has 0 aromatic carbocycles. The zero-order valence-electron chi connectivity index (χ0n) is 39.2. The van der Waals surface area contributed by atoms with Crippen molar-refractivity contribution in [2.24, 2.45) is 0 Å². The Bertz CT molecular complexity index is 962. The molecule has 0 aliphatic carbocycles. The molecule has 1 amide bonds. The molecular formula is C53H99NO5. The average Bonchev–Trinajstić information content (AvgIpc) is 3.24. The second-order valence-corrected chi connectivity index (χ2v) is 17.5. The Morgan fingerprint density at radius 3 is 1.20 bits per heavy atom. The van der Waals surface area contributed by atoms with Gasteiger partial charge in [-0.25, -0.2) is 0 Å². The van der Waals surface area contributed by atoms with E-state index in [9.17, 15) is 19.8 Å². The van der Waals surface area contributed by atoms with Gasteiger partial charge in [0.2, 0.25) is 5.91 Å². The van der Waals surface area contributed by atoms with Crippen molar-refractivity contribution < 1.29 is 24.5 Å². The highest BCUT2D eigenvalue weighted by Gasteiger charge is 2.18. The van der Waals surface area contributed by atoms with E-state index < -0.39 is 12.1 Å². The van der Waals surface area contributed by atoms with Crippen LogP contribution in [-0.4, -0.2) is 47.4 Å². The quantitative estimate of drug-likeness (QED) is 0.0323. The zero-order chi connectivity index (χ0) is 43.0. The monoisotopic (exact) mass is 830 g/mol. The number of aliphatic hydroxyl groups excluding tert-OH is 2. The number of carbonyl (C=O) groups is 2. The van der Waals surface area contributed by atoms with Crippen LogP contribution in [0.3, 0.4) is 0 Å². The first-order valence-electron chi connectivity index (χ1n) is 25.8. The van der Waals surface area contributed by atoms with Gasteiger partial charge in [0.15, 0.2) is 0 Å². The highest BCUT2D eigenvalue weighted by molar-refractivity contribution is 5.76. The Morgan fingerprint density at radius 2 is 0.797 bits per heavy atom. The van der Waals surface area contributed by atoms with Gasteiger partial charge in [-0.3, -0.25) is 9.59 Å². The third-order valence-electron chi connectivity index (χ3n) is 11.6. The van der Waals surface area contributed by atoms with Crippen LogP contribution in [0.4, 0.5) is 0 Å². The molecule has 2 atom stereocenters. The second kappa shape index (κ2) is 48.7. The van der Waals surface area contributed by atoms with E-state index in [1.54, 1.807) is 6.08 Å². The van der Waals surface area contributed by atoms with Crippen molar-refractivity contribution in [2.45, 2.75) is 276 Å². The molecule has 59 heavy (non-hydrogen) atoms. The van der Waals surface area contributed by atoms with Crippen LogP contribution >= 0.6 is 0 Å². The van der Waals surface area contributed by atoms with Gasteiger partial charge in [-0.15, -0.1) is 0 Å². The number of ether oxygens (including phenoxy) is 1. The zero-order valence-corrected chi connectivity index (χ0v) is 39.2. The molecule has 0 saturated carbocycles. The van der Waals surface area contributed by atoms with Crippen molar-refractivity contribution in [1.29, 1.82) is 0 Å². The first-order chi connectivity index (χ1) is 29.0. The van der Waals surface area contributed by atoms with Crippen LogP contribution in [0.2, 0.25) is 0 Å². The molecule has 346 valence electrons. The molecular weight excluding hydrogens is 731 g/mol. The smallest absolute Gasteiger partial charge is 0.305 e. The summed E-state index contributed by atoms with van der Waals surface area (Å²) in [4.78, 5) is 24.4. The molecule has 0 aliphatic rings. The number of hydrogen-bond donors (Lipinski definition) is 3. The lowest BCUT2D eigenvalue weighted by Gasteiger charge is -2.20. The van der Waals surface area contributed by atoms with Crippen LogP contribution < -0.4 is 5.32 Å². The molecule has 6 heteroatoms. The number of aliphatic hydroxyl groups is 2. The van der Waals surface area contributed by atoms with Gasteiger partial charge in [0.1, 0.15) is 0 Å². The van der Waals surface area contributed by atoms with Crippen molar-refractivity contribution in [3.05, 3.63) is 36.5 Å². The largest absolute Gasteiger partial charge is 0.466 e. The minimum Gasteiger partial charge on any atom is -0.466 e. The molecule has 0 saturated heterocycles. The van der Waals surface area contributed by atoms with Crippen molar-refractivity contribution >= 4 is 11.9 Å². The Hall–Kier alpha value is -1.92. The van der Waals surface area contributed by atoms with E-state index in [1.165, 1.54) is 180 Å². The number of rotatable bonds is 47. The molecule has 2 unspecified atom stereocenters. The number of hydrogen-bond acceptors (Lipinski definition) is 5. The van der Waals surface area contributed by atoms with Crippen LogP contribution in [0.25, 0.3) is 0 Å². The lowest BCUT2D eigenvalue weighted by Crippen LogP contribution is -2.45. The molecule has 3 N–H and O–H groups in total. The molecule has 0 aromatic rings. The topological polar surface area (TPSA) is 95.9 Å². The predicted octanol–water partition coefficient (Wildman–Crippen LogP) is 15.3. The van der Waals surface area contributed by atoms with Crippen LogP contribution in [0, 0.1) is 0 Å². The van der Waals surface area contributed by atoms with Gasteiger partial charge in [0.05, 0.1) is 25.4 Å². The molecule has 0 rings (SSSR count). The lowest BCUT2D eigenvalue weighted by molar-refractivity contribution is -0.143. The molecule has 0 spiro atoms. The maximum atomic E-state index is 12.4. The van der Waals surface area contributed by atoms with Gasteiger partial charge in [0, 0.05) is 12.8 Å². The fraction of sp³-hybridized carbons (Fsp3) is 0.849.